The highest BCUT2D eigenvalue weighted by Crippen LogP contribution is 2.39. The molecule has 0 aliphatic heterocycles. The summed E-state index contributed by atoms with van der Waals surface area (Å²) in [5.74, 6) is 0.182. The minimum Gasteiger partial charge on any atom is -0.497 e. The SMILES string of the molecule is CCOC(=O)c1ccccc1Sc1cn(S(=O)(=O)c2ccccc2)c2ccc(OC)cc12. The van der Waals surface area contributed by atoms with Crippen molar-refractivity contribution in [2.24, 2.45) is 0 Å². The van der Waals surface area contributed by atoms with Crippen molar-refractivity contribution < 1.29 is 22.7 Å². The van der Waals surface area contributed by atoms with E-state index in [2.05, 4.69) is 0 Å². The molecule has 0 atom stereocenters. The van der Waals surface area contributed by atoms with Crippen molar-refractivity contribution in [2.45, 2.75) is 21.6 Å². The van der Waals surface area contributed by atoms with E-state index in [-0.39, 0.29) is 11.5 Å². The predicted octanol–water partition coefficient (Wildman–Crippen LogP) is 5.21. The second kappa shape index (κ2) is 9.10. The lowest BCUT2D eigenvalue weighted by Crippen LogP contribution is -2.11. The Morgan fingerprint density at radius 1 is 0.969 bits per heavy atom. The van der Waals surface area contributed by atoms with Gasteiger partial charge in [0.2, 0.25) is 0 Å². The van der Waals surface area contributed by atoms with E-state index >= 15 is 0 Å². The summed E-state index contributed by atoms with van der Waals surface area (Å²) in [7, 11) is -2.26. The molecule has 4 aromatic rings. The Labute approximate surface area is 190 Å². The van der Waals surface area contributed by atoms with Gasteiger partial charge >= 0.3 is 5.97 Å². The topological polar surface area (TPSA) is 74.6 Å². The molecule has 0 aliphatic carbocycles. The van der Waals surface area contributed by atoms with E-state index in [1.807, 2.05) is 12.1 Å². The van der Waals surface area contributed by atoms with E-state index < -0.39 is 16.0 Å². The Kier molecular flexibility index (Phi) is 6.25. The first-order chi connectivity index (χ1) is 15.5. The van der Waals surface area contributed by atoms with Gasteiger partial charge in [0.15, 0.2) is 0 Å². The number of esters is 1. The maximum atomic E-state index is 13.4. The molecular formula is C24H21NO5S2. The van der Waals surface area contributed by atoms with Crippen LogP contribution in [0.25, 0.3) is 10.9 Å². The van der Waals surface area contributed by atoms with E-state index in [0.29, 0.717) is 32.0 Å². The Bertz CT molecular complexity index is 1380. The zero-order valence-corrected chi connectivity index (χ0v) is 19.2. The number of hydrogen-bond donors (Lipinski definition) is 0. The maximum Gasteiger partial charge on any atom is 0.339 e. The van der Waals surface area contributed by atoms with Crippen molar-refractivity contribution in [1.82, 2.24) is 3.97 Å². The number of ether oxygens (including phenoxy) is 2. The van der Waals surface area contributed by atoms with Crippen molar-refractivity contribution >= 4 is 38.7 Å². The van der Waals surface area contributed by atoms with Gasteiger partial charge in [-0.05, 0) is 49.4 Å². The first kappa shape index (κ1) is 22.0. The molecule has 32 heavy (non-hydrogen) atoms. The predicted molar refractivity (Wildman–Crippen MR) is 124 cm³/mol. The third-order valence-corrected chi connectivity index (χ3v) is 7.65. The van der Waals surface area contributed by atoms with Crippen LogP contribution in [0.3, 0.4) is 0 Å². The smallest absolute Gasteiger partial charge is 0.339 e. The van der Waals surface area contributed by atoms with Gasteiger partial charge in [0.05, 0.1) is 29.7 Å². The van der Waals surface area contributed by atoms with Crippen LogP contribution >= 0.6 is 11.8 Å². The maximum absolute atomic E-state index is 13.4. The molecule has 0 radical (unpaired) electrons. The van der Waals surface area contributed by atoms with Crippen molar-refractivity contribution in [3.05, 3.63) is 84.6 Å². The van der Waals surface area contributed by atoms with Crippen LogP contribution in [0.2, 0.25) is 0 Å². The Morgan fingerprint density at radius 3 is 2.41 bits per heavy atom. The van der Waals surface area contributed by atoms with Crippen LogP contribution in [0, 0.1) is 0 Å². The second-order valence-corrected chi connectivity index (χ2v) is 9.71. The summed E-state index contributed by atoms with van der Waals surface area (Å²) < 4.78 is 38.6. The molecule has 4 rings (SSSR count). The standard InChI is InChI=1S/C24H21NO5S2/c1-3-30-24(26)19-11-7-8-12-22(19)31-23-16-25(21-14-13-17(29-2)15-20(21)23)32(27,28)18-9-5-4-6-10-18/h4-16H,3H2,1-2H3. The molecule has 0 aliphatic rings. The second-order valence-electron chi connectivity index (χ2n) is 6.81. The first-order valence-corrected chi connectivity index (χ1v) is 12.1. The van der Waals surface area contributed by atoms with Crippen molar-refractivity contribution in [3.8, 4) is 5.75 Å². The lowest BCUT2D eigenvalue weighted by atomic mass is 10.2. The number of aromatic nitrogens is 1. The van der Waals surface area contributed by atoms with Crippen molar-refractivity contribution in [3.63, 3.8) is 0 Å². The summed E-state index contributed by atoms with van der Waals surface area (Å²) in [4.78, 5) is 14.0. The highest BCUT2D eigenvalue weighted by Gasteiger charge is 2.23. The number of fused-ring (bicyclic) bond motifs is 1. The van der Waals surface area contributed by atoms with Crippen LogP contribution in [-0.4, -0.2) is 32.1 Å². The number of carbonyl (C=O) groups is 1. The van der Waals surface area contributed by atoms with E-state index in [1.54, 1.807) is 80.9 Å². The summed E-state index contributed by atoms with van der Waals surface area (Å²) in [6.45, 7) is 2.02. The zero-order valence-electron chi connectivity index (χ0n) is 17.5. The molecule has 8 heteroatoms. The third kappa shape index (κ3) is 4.11. The molecule has 6 nitrogen and oxygen atoms in total. The Balaban J connectivity index is 1.88. The minimum absolute atomic E-state index is 0.191. The van der Waals surface area contributed by atoms with E-state index in [9.17, 15) is 13.2 Å². The van der Waals surface area contributed by atoms with Gasteiger partial charge in [0.1, 0.15) is 5.75 Å². The van der Waals surface area contributed by atoms with Gasteiger partial charge in [-0.1, -0.05) is 42.1 Å². The van der Waals surface area contributed by atoms with Crippen LogP contribution in [0.5, 0.6) is 5.75 Å². The fraction of sp³-hybridized carbons (Fsp3) is 0.125. The summed E-state index contributed by atoms with van der Waals surface area (Å²) in [6.07, 6.45) is 1.58. The first-order valence-electron chi connectivity index (χ1n) is 9.89. The number of rotatable bonds is 7. The van der Waals surface area contributed by atoms with Gasteiger partial charge in [-0.25, -0.2) is 17.2 Å². The van der Waals surface area contributed by atoms with Gasteiger partial charge in [0.25, 0.3) is 10.0 Å². The van der Waals surface area contributed by atoms with Crippen molar-refractivity contribution in [1.29, 1.82) is 0 Å². The largest absolute Gasteiger partial charge is 0.497 e. The number of methoxy groups -OCH3 is 1. The lowest BCUT2D eigenvalue weighted by molar-refractivity contribution is 0.0522. The van der Waals surface area contributed by atoms with Crippen molar-refractivity contribution in [2.75, 3.05) is 13.7 Å². The molecule has 0 saturated heterocycles. The van der Waals surface area contributed by atoms with Gasteiger partial charge < -0.3 is 9.47 Å². The lowest BCUT2D eigenvalue weighted by Gasteiger charge is -2.08. The Hall–Kier alpha value is -3.23. The molecule has 0 bridgehead atoms. The minimum atomic E-state index is -3.82. The number of hydrogen-bond acceptors (Lipinski definition) is 6. The molecule has 0 unspecified atom stereocenters. The molecule has 1 heterocycles. The quantitative estimate of drug-likeness (QED) is 0.347. The van der Waals surface area contributed by atoms with Crippen LogP contribution < -0.4 is 4.74 Å². The monoisotopic (exact) mass is 467 g/mol. The molecular weight excluding hydrogens is 446 g/mol. The number of benzene rings is 3. The fourth-order valence-corrected chi connectivity index (χ4v) is 5.85. The zero-order chi connectivity index (χ0) is 22.7. The fourth-order valence-electron chi connectivity index (χ4n) is 3.32. The van der Waals surface area contributed by atoms with Crippen LogP contribution in [-0.2, 0) is 14.8 Å². The van der Waals surface area contributed by atoms with Gasteiger partial charge in [-0.15, -0.1) is 0 Å². The summed E-state index contributed by atoms with van der Waals surface area (Å²) >= 11 is 1.31. The van der Waals surface area contributed by atoms with Gasteiger partial charge in [-0.2, -0.15) is 0 Å². The van der Waals surface area contributed by atoms with Crippen LogP contribution in [0.15, 0.2) is 93.7 Å². The van der Waals surface area contributed by atoms with E-state index in [4.69, 9.17) is 9.47 Å². The molecule has 3 aromatic carbocycles. The molecule has 0 saturated carbocycles. The van der Waals surface area contributed by atoms with E-state index in [0.717, 1.165) is 0 Å². The normalized spacial score (nSPS) is 11.4. The average molecular weight is 468 g/mol. The van der Waals surface area contributed by atoms with Gasteiger partial charge in [0, 0.05) is 21.4 Å². The summed E-state index contributed by atoms with van der Waals surface area (Å²) in [5, 5.41) is 0.701. The molecule has 0 N–H and O–H groups in total. The van der Waals surface area contributed by atoms with E-state index in [1.165, 1.54) is 15.7 Å². The van der Waals surface area contributed by atoms with Gasteiger partial charge in [-0.3, -0.25) is 0 Å². The molecule has 164 valence electrons. The third-order valence-electron chi connectivity index (χ3n) is 4.84. The summed E-state index contributed by atoms with van der Waals surface area (Å²) in [6, 6.07) is 20.6. The average Bonchev–Trinajstić information content (AvgIpc) is 3.18. The number of carbonyl (C=O) groups excluding carboxylic acids is 1. The molecule has 1 aromatic heterocycles. The summed E-state index contributed by atoms with van der Waals surface area (Å²) in [5.41, 5.74) is 0.944. The number of nitrogens with zero attached hydrogens (tertiary/aromatic N) is 1. The molecule has 0 amide bonds. The Morgan fingerprint density at radius 2 is 1.69 bits per heavy atom. The van der Waals surface area contributed by atoms with Crippen LogP contribution in [0.1, 0.15) is 17.3 Å². The van der Waals surface area contributed by atoms with Crippen LogP contribution in [0.4, 0.5) is 0 Å². The molecule has 0 spiro atoms. The highest BCUT2D eigenvalue weighted by atomic mass is 32.2. The highest BCUT2D eigenvalue weighted by molar-refractivity contribution is 7.99. The molecule has 0 fully saturated rings.